The molecule has 2 nitrogen and oxygen atoms in total. The Morgan fingerprint density at radius 3 is 2.38 bits per heavy atom. The number of hydrogen-bond acceptors (Lipinski definition) is 3. The summed E-state index contributed by atoms with van der Waals surface area (Å²) < 4.78 is 0. The molecule has 0 unspecified atom stereocenters. The lowest BCUT2D eigenvalue weighted by Gasteiger charge is -2.17. The van der Waals surface area contributed by atoms with E-state index in [0.29, 0.717) is 6.54 Å². The maximum Gasteiger partial charge on any atom is 0.176 e. The summed E-state index contributed by atoms with van der Waals surface area (Å²) in [5, 5.41) is 0. The van der Waals surface area contributed by atoms with Crippen LogP contribution in [0.25, 0.3) is 0 Å². The molecule has 21 heavy (non-hydrogen) atoms. The highest BCUT2D eigenvalue weighted by molar-refractivity contribution is 7.98. The Morgan fingerprint density at radius 2 is 1.76 bits per heavy atom. The summed E-state index contributed by atoms with van der Waals surface area (Å²) >= 11 is 1.68. The molecule has 0 bridgehead atoms. The molecule has 0 atom stereocenters. The smallest absolute Gasteiger partial charge is 0.176 e. The SMILES string of the molecule is CSc1ccc(C(=O)CN(C)Cc2ccccc2C)cc1. The van der Waals surface area contributed by atoms with E-state index in [-0.39, 0.29) is 5.78 Å². The van der Waals surface area contributed by atoms with Crippen LogP contribution in [0.1, 0.15) is 21.5 Å². The number of nitrogens with zero attached hydrogens (tertiary/aromatic N) is 1. The van der Waals surface area contributed by atoms with Crippen molar-refractivity contribution in [3.63, 3.8) is 0 Å². The first-order valence-corrected chi connectivity index (χ1v) is 8.23. The molecule has 0 saturated carbocycles. The van der Waals surface area contributed by atoms with Crippen molar-refractivity contribution >= 4 is 17.5 Å². The molecule has 3 heteroatoms. The highest BCUT2D eigenvalue weighted by Gasteiger charge is 2.10. The van der Waals surface area contributed by atoms with Gasteiger partial charge >= 0.3 is 0 Å². The van der Waals surface area contributed by atoms with Gasteiger partial charge in [0, 0.05) is 17.0 Å². The Bertz CT molecular complexity index is 607. The van der Waals surface area contributed by atoms with Gasteiger partial charge in [0.1, 0.15) is 0 Å². The summed E-state index contributed by atoms with van der Waals surface area (Å²) in [6.45, 7) is 3.33. The molecule has 0 aliphatic carbocycles. The largest absolute Gasteiger partial charge is 0.295 e. The second-order valence-corrected chi connectivity index (χ2v) is 6.13. The summed E-state index contributed by atoms with van der Waals surface area (Å²) in [4.78, 5) is 15.5. The topological polar surface area (TPSA) is 20.3 Å². The van der Waals surface area contributed by atoms with Gasteiger partial charge in [0.05, 0.1) is 6.54 Å². The minimum atomic E-state index is 0.165. The number of rotatable bonds is 6. The van der Waals surface area contributed by atoms with E-state index in [0.717, 1.165) is 12.1 Å². The Labute approximate surface area is 131 Å². The molecule has 2 aromatic rings. The van der Waals surface area contributed by atoms with E-state index in [4.69, 9.17) is 0 Å². The van der Waals surface area contributed by atoms with Crippen LogP contribution in [-0.2, 0) is 6.54 Å². The molecule has 110 valence electrons. The molecule has 2 rings (SSSR count). The van der Waals surface area contributed by atoms with E-state index in [1.54, 1.807) is 11.8 Å². The van der Waals surface area contributed by atoms with E-state index in [9.17, 15) is 4.79 Å². The van der Waals surface area contributed by atoms with Gasteiger partial charge in [0.25, 0.3) is 0 Å². The van der Waals surface area contributed by atoms with Crippen molar-refractivity contribution in [3.8, 4) is 0 Å². The van der Waals surface area contributed by atoms with Crippen LogP contribution in [0.2, 0.25) is 0 Å². The minimum absolute atomic E-state index is 0.165. The molecule has 0 heterocycles. The van der Waals surface area contributed by atoms with Gasteiger partial charge in [-0.15, -0.1) is 11.8 Å². The first-order chi connectivity index (χ1) is 10.1. The third-order valence-electron chi connectivity index (χ3n) is 3.53. The normalized spacial score (nSPS) is 10.9. The quantitative estimate of drug-likeness (QED) is 0.593. The molecule has 0 aromatic heterocycles. The Hall–Kier alpha value is -1.58. The van der Waals surface area contributed by atoms with Crippen molar-refractivity contribution in [1.29, 1.82) is 0 Å². The second kappa shape index (κ2) is 7.43. The number of likely N-dealkylation sites (N-methyl/N-ethyl adjacent to an activating group) is 1. The van der Waals surface area contributed by atoms with Crippen LogP contribution in [0.3, 0.4) is 0 Å². The second-order valence-electron chi connectivity index (χ2n) is 5.25. The molecule has 0 N–H and O–H groups in total. The van der Waals surface area contributed by atoms with E-state index in [1.807, 2.05) is 49.7 Å². The van der Waals surface area contributed by atoms with Crippen LogP contribution >= 0.6 is 11.8 Å². The number of benzene rings is 2. The maximum absolute atomic E-state index is 12.3. The molecule has 0 spiro atoms. The lowest BCUT2D eigenvalue weighted by Crippen LogP contribution is -2.25. The fourth-order valence-electron chi connectivity index (χ4n) is 2.25. The summed E-state index contributed by atoms with van der Waals surface area (Å²) in [7, 11) is 1.99. The number of carbonyl (C=O) groups is 1. The average Bonchev–Trinajstić information content (AvgIpc) is 2.49. The van der Waals surface area contributed by atoms with Crippen molar-refractivity contribution in [2.75, 3.05) is 19.8 Å². The van der Waals surface area contributed by atoms with Gasteiger partial charge in [0.15, 0.2) is 5.78 Å². The number of hydrogen-bond donors (Lipinski definition) is 0. The number of ketones is 1. The van der Waals surface area contributed by atoms with E-state index in [1.165, 1.54) is 16.0 Å². The van der Waals surface area contributed by atoms with Crippen molar-refractivity contribution in [2.24, 2.45) is 0 Å². The summed E-state index contributed by atoms with van der Waals surface area (Å²) in [6.07, 6.45) is 2.03. The van der Waals surface area contributed by atoms with E-state index < -0.39 is 0 Å². The molecular weight excluding hydrogens is 278 g/mol. The summed E-state index contributed by atoms with van der Waals surface area (Å²) in [5.41, 5.74) is 3.32. The van der Waals surface area contributed by atoms with Gasteiger partial charge in [-0.05, 0) is 43.5 Å². The maximum atomic E-state index is 12.3. The van der Waals surface area contributed by atoms with Crippen molar-refractivity contribution in [2.45, 2.75) is 18.4 Å². The van der Waals surface area contributed by atoms with E-state index in [2.05, 4.69) is 24.0 Å². The number of Topliss-reactive ketones (excluding diaryl/α,β-unsaturated/α-hetero) is 1. The van der Waals surface area contributed by atoms with Crippen LogP contribution in [0.4, 0.5) is 0 Å². The molecule has 0 fully saturated rings. The third-order valence-corrected chi connectivity index (χ3v) is 4.27. The van der Waals surface area contributed by atoms with Crippen molar-refractivity contribution in [1.82, 2.24) is 4.90 Å². The van der Waals surface area contributed by atoms with Crippen LogP contribution in [0.15, 0.2) is 53.4 Å². The predicted molar refractivity (Wildman–Crippen MR) is 90.1 cm³/mol. The number of aryl methyl sites for hydroxylation is 1. The standard InChI is InChI=1S/C18H21NOS/c1-14-6-4-5-7-16(14)12-19(2)13-18(20)15-8-10-17(21-3)11-9-15/h4-11H,12-13H2,1-3H3. The van der Waals surface area contributed by atoms with Crippen LogP contribution in [0.5, 0.6) is 0 Å². The van der Waals surface area contributed by atoms with Crippen LogP contribution in [-0.4, -0.2) is 30.5 Å². The average molecular weight is 299 g/mol. The van der Waals surface area contributed by atoms with Crippen LogP contribution < -0.4 is 0 Å². The molecule has 0 amide bonds. The zero-order chi connectivity index (χ0) is 15.2. The van der Waals surface area contributed by atoms with Crippen LogP contribution in [0, 0.1) is 6.92 Å². The molecule has 0 aliphatic heterocycles. The van der Waals surface area contributed by atoms with Gasteiger partial charge in [-0.2, -0.15) is 0 Å². The van der Waals surface area contributed by atoms with Gasteiger partial charge < -0.3 is 0 Å². The monoisotopic (exact) mass is 299 g/mol. The van der Waals surface area contributed by atoms with Gasteiger partial charge in [-0.25, -0.2) is 0 Å². The lowest BCUT2D eigenvalue weighted by atomic mass is 10.1. The number of thioether (sulfide) groups is 1. The van der Waals surface area contributed by atoms with Gasteiger partial charge in [0.2, 0.25) is 0 Å². The van der Waals surface area contributed by atoms with Gasteiger partial charge in [-0.1, -0.05) is 36.4 Å². The summed E-state index contributed by atoms with van der Waals surface area (Å²) in [6, 6.07) is 16.1. The van der Waals surface area contributed by atoms with Crippen molar-refractivity contribution in [3.05, 3.63) is 65.2 Å². The first kappa shape index (κ1) is 15.8. The fourth-order valence-corrected chi connectivity index (χ4v) is 2.66. The summed E-state index contributed by atoms with van der Waals surface area (Å²) in [5.74, 6) is 0.165. The molecule has 0 aliphatic rings. The zero-order valence-corrected chi connectivity index (χ0v) is 13.6. The fraction of sp³-hybridized carbons (Fsp3) is 0.278. The van der Waals surface area contributed by atoms with Gasteiger partial charge in [-0.3, -0.25) is 9.69 Å². The van der Waals surface area contributed by atoms with E-state index >= 15 is 0 Å². The highest BCUT2D eigenvalue weighted by Crippen LogP contribution is 2.15. The minimum Gasteiger partial charge on any atom is -0.295 e. The lowest BCUT2D eigenvalue weighted by molar-refractivity contribution is 0.0943. The first-order valence-electron chi connectivity index (χ1n) is 7.00. The Balaban J connectivity index is 1.97. The Kier molecular flexibility index (Phi) is 5.59. The zero-order valence-electron chi connectivity index (χ0n) is 12.8. The predicted octanol–water partition coefficient (Wildman–Crippen LogP) is 4.03. The number of carbonyl (C=O) groups excluding carboxylic acids is 1. The molecule has 0 radical (unpaired) electrons. The highest BCUT2D eigenvalue weighted by atomic mass is 32.2. The molecule has 2 aromatic carbocycles. The molecule has 0 saturated heterocycles. The third kappa shape index (κ3) is 4.45. The Morgan fingerprint density at radius 1 is 1.10 bits per heavy atom. The molecular formula is C18H21NOS. The van der Waals surface area contributed by atoms with Crippen molar-refractivity contribution < 1.29 is 4.79 Å².